The molecule has 0 radical (unpaired) electrons. The number of fused-ring (bicyclic) bond motifs is 1. The van der Waals surface area contributed by atoms with E-state index in [0.29, 0.717) is 67.0 Å². The Balaban J connectivity index is 1.52. The van der Waals surface area contributed by atoms with Crippen molar-refractivity contribution in [2.45, 2.75) is 13.5 Å². The molecule has 0 spiro atoms. The first-order valence-corrected chi connectivity index (χ1v) is 13.3. The summed E-state index contributed by atoms with van der Waals surface area (Å²) in [6, 6.07) is 9.63. The van der Waals surface area contributed by atoms with Gasteiger partial charge in [-0.1, -0.05) is 6.07 Å². The summed E-state index contributed by atoms with van der Waals surface area (Å²) in [4.78, 5) is 24.6. The summed E-state index contributed by atoms with van der Waals surface area (Å²) in [5.74, 6) is 1.06. The predicted molar refractivity (Wildman–Crippen MR) is 139 cm³/mol. The van der Waals surface area contributed by atoms with E-state index in [2.05, 4.69) is 24.8 Å². The van der Waals surface area contributed by atoms with Gasteiger partial charge in [-0.3, -0.25) is 14.9 Å². The van der Waals surface area contributed by atoms with Gasteiger partial charge >= 0.3 is 0 Å². The van der Waals surface area contributed by atoms with Crippen molar-refractivity contribution in [2.75, 3.05) is 43.9 Å². The molecule has 1 fully saturated rings. The maximum absolute atomic E-state index is 11.8. The van der Waals surface area contributed by atoms with Crippen LogP contribution < -0.4 is 11.5 Å². The fraction of sp³-hybridized carbons (Fsp3) is 0.292. The number of aromatic nitrogens is 5. The number of piperazine rings is 1. The first kappa shape index (κ1) is 24.0. The average Bonchev–Trinajstić information content (AvgIpc) is 2.83. The maximum Gasteiger partial charge on any atom is 0.223 e. The zero-order valence-electron chi connectivity index (χ0n) is 20.1. The number of nitrogens with zero attached hydrogens (tertiary/aromatic N) is 7. The largest absolute Gasteiger partial charge is 0.399 e. The van der Waals surface area contributed by atoms with E-state index in [1.54, 1.807) is 13.1 Å². The Morgan fingerprint density at radius 2 is 1.69 bits per heavy atom. The minimum Gasteiger partial charge on any atom is -0.399 e. The van der Waals surface area contributed by atoms with Crippen LogP contribution in [-0.2, 0) is 16.6 Å². The number of hydrogen-bond acceptors (Lipinski definition) is 10. The predicted octanol–water partition coefficient (Wildman–Crippen LogP) is 1.70. The van der Waals surface area contributed by atoms with Crippen molar-refractivity contribution in [1.82, 2.24) is 34.1 Å². The molecule has 0 aliphatic carbocycles. The Kier molecular flexibility index (Phi) is 6.24. The molecule has 186 valence electrons. The highest BCUT2D eigenvalue weighted by Crippen LogP contribution is 2.31. The van der Waals surface area contributed by atoms with Crippen molar-refractivity contribution in [1.29, 1.82) is 0 Å². The molecule has 3 aromatic heterocycles. The van der Waals surface area contributed by atoms with Crippen molar-refractivity contribution in [3.8, 4) is 22.8 Å². The lowest BCUT2D eigenvalue weighted by Gasteiger charge is -2.33. The second-order valence-electron chi connectivity index (χ2n) is 8.92. The van der Waals surface area contributed by atoms with Gasteiger partial charge in [-0.05, 0) is 42.1 Å². The van der Waals surface area contributed by atoms with E-state index in [1.165, 1.54) is 10.6 Å². The fourth-order valence-electron chi connectivity index (χ4n) is 4.36. The smallest absolute Gasteiger partial charge is 0.223 e. The summed E-state index contributed by atoms with van der Waals surface area (Å²) < 4.78 is 25.2. The van der Waals surface area contributed by atoms with Crippen LogP contribution in [0.3, 0.4) is 0 Å². The lowest BCUT2D eigenvalue weighted by molar-refractivity contribution is 0.182. The molecule has 5 rings (SSSR count). The van der Waals surface area contributed by atoms with Crippen LogP contribution in [-0.4, -0.2) is 75.0 Å². The minimum atomic E-state index is -3.18. The number of anilines is 2. The molecule has 4 heterocycles. The molecular formula is C24H27N9O2S. The van der Waals surface area contributed by atoms with Gasteiger partial charge in [0.15, 0.2) is 5.82 Å². The minimum absolute atomic E-state index is 0.132. The Labute approximate surface area is 209 Å². The molecule has 1 aromatic carbocycles. The van der Waals surface area contributed by atoms with Crippen LogP contribution in [0.5, 0.6) is 0 Å². The van der Waals surface area contributed by atoms with Crippen molar-refractivity contribution in [3.05, 3.63) is 54.1 Å². The van der Waals surface area contributed by atoms with Gasteiger partial charge in [0.1, 0.15) is 5.82 Å². The fourth-order valence-corrected chi connectivity index (χ4v) is 5.19. The number of nitrogen functional groups attached to an aromatic ring is 2. The van der Waals surface area contributed by atoms with E-state index < -0.39 is 10.0 Å². The van der Waals surface area contributed by atoms with E-state index in [-0.39, 0.29) is 5.95 Å². The van der Waals surface area contributed by atoms with Crippen LogP contribution in [0.2, 0.25) is 0 Å². The van der Waals surface area contributed by atoms with E-state index >= 15 is 0 Å². The number of rotatable bonds is 5. The zero-order valence-corrected chi connectivity index (χ0v) is 20.9. The van der Waals surface area contributed by atoms with Gasteiger partial charge in [-0.25, -0.2) is 13.4 Å². The number of benzene rings is 1. The molecule has 0 bridgehead atoms. The highest BCUT2D eigenvalue weighted by Gasteiger charge is 2.24. The number of nitrogens with two attached hydrogens (primary N) is 2. The van der Waals surface area contributed by atoms with E-state index in [9.17, 15) is 8.42 Å². The highest BCUT2D eigenvalue weighted by molar-refractivity contribution is 7.88. The van der Waals surface area contributed by atoms with Gasteiger partial charge in [0.05, 0.1) is 17.6 Å². The number of sulfonamides is 1. The molecule has 4 aromatic rings. The lowest BCUT2D eigenvalue weighted by Crippen LogP contribution is -2.47. The van der Waals surface area contributed by atoms with Gasteiger partial charge in [0, 0.05) is 61.8 Å². The summed E-state index contributed by atoms with van der Waals surface area (Å²) in [7, 11) is -3.18. The van der Waals surface area contributed by atoms with Crippen LogP contribution >= 0.6 is 0 Å². The van der Waals surface area contributed by atoms with Crippen molar-refractivity contribution in [3.63, 3.8) is 0 Å². The van der Waals surface area contributed by atoms with E-state index in [4.69, 9.17) is 16.5 Å². The van der Waals surface area contributed by atoms with Gasteiger partial charge in [0.25, 0.3) is 0 Å². The van der Waals surface area contributed by atoms with Crippen LogP contribution in [0.1, 0.15) is 11.4 Å². The number of aryl methyl sites for hydroxylation is 1. The second kappa shape index (κ2) is 9.37. The molecule has 1 aliphatic rings. The molecule has 12 heteroatoms. The van der Waals surface area contributed by atoms with E-state index in [0.717, 1.165) is 16.3 Å². The van der Waals surface area contributed by atoms with Gasteiger partial charge in [0.2, 0.25) is 16.0 Å². The summed E-state index contributed by atoms with van der Waals surface area (Å²) in [6.07, 6.45) is 4.83. The quantitative estimate of drug-likeness (QED) is 0.382. The Hall–Kier alpha value is -3.74. The molecular weight excluding hydrogens is 478 g/mol. The third-order valence-electron chi connectivity index (χ3n) is 6.14. The summed E-state index contributed by atoms with van der Waals surface area (Å²) in [5, 5.41) is 1.92. The number of pyridine rings is 2. The van der Waals surface area contributed by atoms with Crippen molar-refractivity contribution in [2.24, 2.45) is 0 Å². The maximum atomic E-state index is 11.8. The molecule has 11 nitrogen and oxygen atoms in total. The average molecular weight is 506 g/mol. The Bertz CT molecular complexity index is 1530. The van der Waals surface area contributed by atoms with Crippen molar-refractivity contribution < 1.29 is 8.42 Å². The summed E-state index contributed by atoms with van der Waals surface area (Å²) in [6.45, 7) is 4.58. The molecule has 0 unspecified atom stereocenters. The molecule has 4 N–H and O–H groups in total. The Morgan fingerprint density at radius 1 is 0.917 bits per heavy atom. The molecule has 36 heavy (non-hydrogen) atoms. The molecule has 0 atom stereocenters. The van der Waals surface area contributed by atoms with E-state index in [1.807, 2.05) is 36.5 Å². The molecule has 1 aliphatic heterocycles. The van der Waals surface area contributed by atoms with Gasteiger partial charge < -0.3 is 11.5 Å². The highest BCUT2D eigenvalue weighted by atomic mass is 32.2. The van der Waals surface area contributed by atoms with Crippen LogP contribution in [0.25, 0.3) is 33.5 Å². The van der Waals surface area contributed by atoms with Crippen LogP contribution in [0.4, 0.5) is 11.6 Å². The number of hydrogen-bond donors (Lipinski definition) is 2. The molecule has 1 saturated heterocycles. The Morgan fingerprint density at radius 3 is 2.42 bits per heavy atom. The van der Waals surface area contributed by atoms with Crippen LogP contribution in [0.15, 0.2) is 42.7 Å². The second-order valence-corrected chi connectivity index (χ2v) is 10.9. The molecule has 0 amide bonds. The third kappa shape index (κ3) is 5.10. The van der Waals surface area contributed by atoms with Crippen molar-refractivity contribution >= 4 is 32.4 Å². The summed E-state index contributed by atoms with van der Waals surface area (Å²) >= 11 is 0. The SMILES string of the molecule is Cc1nc(N)nc(-c2cc(CN3CCN(S(C)(=O)=O)CC3)cnc2-c2cc3ccc(N)cc3cn2)n1. The summed E-state index contributed by atoms with van der Waals surface area (Å²) in [5.41, 5.74) is 15.5. The monoisotopic (exact) mass is 505 g/mol. The standard InChI is InChI=1S/C24H27N9O2S/c1-15-29-23(31-24(26)30-15)20-9-16(14-32-5-7-33(8-6-32)36(2,34)35)12-28-22(20)21-11-17-3-4-19(25)10-18(17)13-27-21/h3-4,9-13H,5-8,14,25H2,1-2H3,(H2,26,29,30,31). The first-order valence-electron chi connectivity index (χ1n) is 11.5. The zero-order chi connectivity index (χ0) is 25.4. The van der Waals surface area contributed by atoms with Gasteiger partial charge in [-0.15, -0.1) is 0 Å². The van der Waals surface area contributed by atoms with Gasteiger partial charge in [-0.2, -0.15) is 14.3 Å². The van der Waals surface area contributed by atoms with Crippen LogP contribution in [0, 0.1) is 6.92 Å². The first-order chi connectivity index (χ1) is 17.2. The lowest BCUT2D eigenvalue weighted by atomic mass is 10.0. The topological polar surface area (TPSA) is 157 Å². The third-order valence-corrected chi connectivity index (χ3v) is 7.45. The molecule has 0 saturated carbocycles. The normalized spacial score (nSPS) is 15.4.